The number of nitrogens with one attached hydrogen (secondary N) is 2. The first-order chi connectivity index (χ1) is 10.5. The van der Waals surface area contributed by atoms with E-state index in [-0.39, 0.29) is 6.03 Å². The average Bonchev–Trinajstić information content (AvgIpc) is 2.96. The summed E-state index contributed by atoms with van der Waals surface area (Å²) >= 11 is 1.30. The molecule has 0 bridgehead atoms. The smallest absolute Gasteiger partial charge is 0.336 e. The second-order valence-electron chi connectivity index (χ2n) is 4.33. The monoisotopic (exact) mass is 355 g/mol. The molecule has 1 aliphatic rings. The zero-order chi connectivity index (χ0) is 16.8. The summed E-state index contributed by atoms with van der Waals surface area (Å²) < 4.78 is 22.5. The first-order valence-electron chi connectivity index (χ1n) is 7.78. The minimum atomic E-state index is -2.91. The third-order valence-corrected chi connectivity index (χ3v) is 6.78. The first-order valence-corrected chi connectivity index (χ1v) is 10.9. The summed E-state index contributed by atoms with van der Waals surface area (Å²) in [4.78, 5) is 12.3. The van der Waals surface area contributed by atoms with Crippen LogP contribution in [0.25, 0.3) is 0 Å². The van der Waals surface area contributed by atoms with Gasteiger partial charge in [-0.15, -0.1) is 0 Å². The van der Waals surface area contributed by atoms with Crippen molar-refractivity contribution in [3.8, 4) is 0 Å². The van der Waals surface area contributed by atoms with E-state index in [9.17, 15) is 9.36 Å². The van der Waals surface area contributed by atoms with Gasteiger partial charge in [-0.2, -0.15) is 0 Å². The highest BCUT2D eigenvalue weighted by atomic mass is 32.7. The van der Waals surface area contributed by atoms with Crippen molar-refractivity contribution in [2.45, 2.75) is 27.7 Å². The number of hydrogen-bond acceptors (Lipinski definition) is 6. The van der Waals surface area contributed by atoms with Crippen molar-refractivity contribution in [1.29, 1.82) is 0 Å². The molecule has 1 rings (SSSR count). The molecular formula is C13H30N3O4PS. The molecule has 0 radical (unpaired) electrons. The van der Waals surface area contributed by atoms with E-state index in [4.69, 9.17) is 9.05 Å². The molecule has 0 saturated carbocycles. The van der Waals surface area contributed by atoms with E-state index in [1.807, 2.05) is 13.8 Å². The van der Waals surface area contributed by atoms with Gasteiger partial charge in [0, 0.05) is 25.4 Å². The summed E-state index contributed by atoms with van der Waals surface area (Å²) in [5.41, 5.74) is 0. The molecule has 2 N–H and O–H groups in total. The zero-order valence-electron chi connectivity index (χ0n) is 14.1. The van der Waals surface area contributed by atoms with Crippen molar-refractivity contribution in [1.82, 2.24) is 15.5 Å². The van der Waals surface area contributed by atoms with Gasteiger partial charge in [0.05, 0.1) is 13.2 Å². The van der Waals surface area contributed by atoms with E-state index in [0.29, 0.717) is 13.2 Å². The second kappa shape index (κ2) is 13.2. The summed E-state index contributed by atoms with van der Waals surface area (Å²) in [6, 6.07) is -0.0463. The van der Waals surface area contributed by atoms with E-state index in [2.05, 4.69) is 29.4 Å². The summed E-state index contributed by atoms with van der Waals surface area (Å²) in [6.45, 7) is 10.4. The van der Waals surface area contributed by atoms with Crippen LogP contribution in [0.1, 0.15) is 27.7 Å². The number of hydrogen-bond donors (Lipinski definition) is 2. The lowest BCUT2D eigenvalue weighted by molar-refractivity contribution is 0.236. The van der Waals surface area contributed by atoms with Crippen LogP contribution in [0.4, 0.5) is 4.79 Å². The summed E-state index contributed by atoms with van der Waals surface area (Å²) in [7, 11) is 0. The van der Waals surface area contributed by atoms with Gasteiger partial charge in [-0.3, -0.25) is 0 Å². The Kier molecular flexibility index (Phi) is 13.0. The summed E-state index contributed by atoms with van der Waals surface area (Å²) in [5.74, 6) is 0.777. The topological polar surface area (TPSA) is 79.9 Å². The lowest BCUT2D eigenvalue weighted by atomic mass is 10.5. The minimum absolute atomic E-state index is 0.0463. The molecule has 1 heterocycles. The van der Waals surface area contributed by atoms with Gasteiger partial charge in [-0.05, 0) is 38.3 Å². The fourth-order valence-electron chi connectivity index (χ4n) is 1.66. The fraction of sp³-hybridized carbons (Fsp3) is 0.923. The van der Waals surface area contributed by atoms with Crippen LogP contribution in [0.3, 0.4) is 0 Å². The fourth-order valence-corrected chi connectivity index (χ4v) is 5.08. The highest BCUT2D eigenvalue weighted by Crippen LogP contribution is 2.60. The SMILES string of the molecule is CCOP(=O)(OCC)SCCN(CC)CC.O=C1NCCN1. The van der Waals surface area contributed by atoms with Gasteiger partial charge < -0.3 is 24.6 Å². The number of urea groups is 1. The molecule has 0 aromatic heterocycles. The largest absolute Gasteiger partial charge is 0.389 e. The van der Waals surface area contributed by atoms with E-state index in [1.54, 1.807) is 0 Å². The van der Waals surface area contributed by atoms with Crippen LogP contribution < -0.4 is 10.6 Å². The Bertz CT molecular complexity index is 325. The number of carbonyl (C=O) groups excluding carboxylic acids is 1. The van der Waals surface area contributed by atoms with Crippen LogP contribution in [0, 0.1) is 0 Å². The van der Waals surface area contributed by atoms with Crippen molar-refractivity contribution in [2.24, 2.45) is 0 Å². The Balaban J connectivity index is 0.000000604. The molecule has 0 atom stereocenters. The standard InChI is InChI=1S/C10H24NO3PS.C3H6N2O/c1-5-11(6-2)9-10-16-15(12,13-7-3)14-8-4;6-3-4-1-2-5-3/h5-10H2,1-4H3;1-2H2,(H2,4,5,6). The van der Waals surface area contributed by atoms with Crippen molar-refractivity contribution < 1.29 is 18.4 Å². The Morgan fingerprint density at radius 2 is 1.59 bits per heavy atom. The molecule has 1 saturated heterocycles. The maximum atomic E-state index is 12.1. The quantitative estimate of drug-likeness (QED) is 0.586. The van der Waals surface area contributed by atoms with Crippen LogP contribution in [0.5, 0.6) is 0 Å². The third kappa shape index (κ3) is 10.5. The molecule has 0 aromatic carbocycles. The molecule has 132 valence electrons. The Labute approximate surface area is 138 Å². The molecule has 0 unspecified atom stereocenters. The zero-order valence-corrected chi connectivity index (χ0v) is 15.8. The number of carbonyl (C=O) groups is 1. The van der Waals surface area contributed by atoms with Crippen molar-refractivity contribution in [3.05, 3.63) is 0 Å². The molecule has 0 spiro atoms. The Morgan fingerprint density at radius 3 is 1.91 bits per heavy atom. The van der Waals surface area contributed by atoms with Crippen LogP contribution in [0.15, 0.2) is 0 Å². The maximum Gasteiger partial charge on any atom is 0.389 e. The van der Waals surface area contributed by atoms with Crippen LogP contribution in [-0.2, 0) is 13.6 Å². The van der Waals surface area contributed by atoms with Gasteiger partial charge in [-0.25, -0.2) is 9.36 Å². The van der Waals surface area contributed by atoms with Gasteiger partial charge >= 0.3 is 12.8 Å². The number of rotatable bonds is 10. The summed E-state index contributed by atoms with van der Waals surface area (Å²) in [6.07, 6.45) is 0. The first kappa shape index (κ1) is 21.7. The average molecular weight is 355 g/mol. The van der Waals surface area contributed by atoms with E-state index in [1.165, 1.54) is 11.4 Å². The predicted molar refractivity (Wildman–Crippen MR) is 92.5 cm³/mol. The van der Waals surface area contributed by atoms with Crippen LogP contribution in [0.2, 0.25) is 0 Å². The summed E-state index contributed by atoms with van der Waals surface area (Å²) in [5, 5.41) is 5.14. The van der Waals surface area contributed by atoms with Crippen molar-refractivity contribution in [2.75, 3.05) is 51.7 Å². The third-order valence-electron chi connectivity index (χ3n) is 2.82. The highest BCUT2D eigenvalue weighted by molar-refractivity contribution is 8.55. The van der Waals surface area contributed by atoms with Gasteiger partial charge in [0.2, 0.25) is 0 Å². The maximum absolute atomic E-state index is 12.1. The number of amides is 2. The molecular weight excluding hydrogens is 325 g/mol. The number of nitrogens with zero attached hydrogens (tertiary/aromatic N) is 1. The van der Waals surface area contributed by atoms with Crippen molar-refractivity contribution in [3.63, 3.8) is 0 Å². The molecule has 2 amide bonds. The van der Waals surface area contributed by atoms with Crippen LogP contribution >= 0.6 is 18.2 Å². The molecule has 22 heavy (non-hydrogen) atoms. The van der Waals surface area contributed by atoms with E-state index in [0.717, 1.165) is 38.5 Å². The van der Waals surface area contributed by atoms with Crippen LogP contribution in [-0.4, -0.2) is 62.6 Å². The Morgan fingerprint density at radius 1 is 1.09 bits per heavy atom. The molecule has 0 aromatic rings. The molecule has 7 nitrogen and oxygen atoms in total. The minimum Gasteiger partial charge on any atom is -0.336 e. The van der Waals surface area contributed by atoms with Gasteiger partial charge in [0.25, 0.3) is 0 Å². The van der Waals surface area contributed by atoms with Gasteiger partial charge in [0.15, 0.2) is 0 Å². The lowest BCUT2D eigenvalue weighted by Gasteiger charge is -2.20. The molecule has 1 fully saturated rings. The van der Waals surface area contributed by atoms with E-state index < -0.39 is 6.80 Å². The second-order valence-corrected chi connectivity index (χ2v) is 8.52. The normalized spacial score (nSPS) is 14.3. The van der Waals surface area contributed by atoms with Gasteiger partial charge in [-0.1, -0.05) is 13.8 Å². The van der Waals surface area contributed by atoms with E-state index >= 15 is 0 Å². The molecule has 9 heteroatoms. The Hall–Kier alpha value is -0.270. The molecule has 0 aliphatic carbocycles. The van der Waals surface area contributed by atoms with Crippen molar-refractivity contribution >= 4 is 24.2 Å². The highest BCUT2D eigenvalue weighted by Gasteiger charge is 2.24. The predicted octanol–water partition coefficient (Wildman–Crippen LogP) is 2.54. The molecule has 1 aliphatic heterocycles. The van der Waals surface area contributed by atoms with Gasteiger partial charge in [0.1, 0.15) is 0 Å². The lowest BCUT2D eigenvalue weighted by Crippen LogP contribution is -2.25.